The Morgan fingerprint density at radius 3 is 2.64 bits per heavy atom. The number of likely N-dealkylation sites (tertiary alicyclic amines) is 1. The molecule has 132 valence electrons. The highest BCUT2D eigenvalue weighted by atomic mass is 16.1. The van der Waals surface area contributed by atoms with Gasteiger partial charge in [0.2, 0.25) is 5.91 Å². The van der Waals surface area contributed by atoms with E-state index in [1.165, 1.54) is 23.6 Å². The van der Waals surface area contributed by atoms with E-state index in [2.05, 4.69) is 15.3 Å². The van der Waals surface area contributed by atoms with E-state index in [1.807, 2.05) is 24.3 Å². The average molecular weight is 340 g/mol. The predicted molar refractivity (Wildman–Crippen MR) is 98.3 cm³/mol. The molecule has 0 saturated carbocycles. The third-order valence-electron chi connectivity index (χ3n) is 4.52. The van der Waals surface area contributed by atoms with Crippen LogP contribution in [-0.2, 0) is 17.9 Å². The number of fused-ring (bicyclic) bond motifs is 1. The van der Waals surface area contributed by atoms with Crippen LogP contribution in [0.15, 0.2) is 41.2 Å². The van der Waals surface area contributed by atoms with Crippen LogP contribution in [0, 0.1) is 0 Å². The highest BCUT2D eigenvalue weighted by Gasteiger charge is 2.14. The van der Waals surface area contributed by atoms with Gasteiger partial charge < -0.3 is 10.2 Å². The summed E-state index contributed by atoms with van der Waals surface area (Å²) in [5, 5.41) is 8.80. The number of rotatable bonds is 6. The summed E-state index contributed by atoms with van der Waals surface area (Å²) in [6, 6.07) is 7.45. The van der Waals surface area contributed by atoms with E-state index in [4.69, 9.17) is 0 Å². The van der Waals surface area contributed by atoms with Gasteiger partial charge in [0.15, 0.2) is 0 Å². The molecule has 1 saturated heterocycles. The summed E-state index contributed by atoms with van der Waals surface area (Å²) in [7, 11) is 0. The number of aromatic nitrogens is 2. The molecule has 0 unspecified atom stereocenters. The Hall–Kier alpha value is -2.47. The number of hydrogen-bond acceptors (Lipinski definition) is 4. The maximum atomic E-state index is 12.7. The number of carbonyl (C=O) groups is 1. The molecule has 1 N–H and O–H groups in total. The van der Waals surface area contributed by atoms with Crippen LogP contribution in [0.25, 0.3) is 10.8 Å². The summed E-state index contributed by atoms with van der Waals surface area (Å²) in [4.78, 5) is 26.8. The topological polar surface area (TPSA) is 67.2 Å². The van der Waals surface area contributed by atoms with Crippen LogP contribution in [0.3, 0.4) is 0 Å². The zero-order valence-electron chi connectivity index (χ0n) is 14.6. The van der Waals surface area contributed by atoms with E-state index < -0.39 is 0 Å². The molecule has 1 aromatic carbocycles. The molecular formula is C19H24N4O2. The van der Waals surface area contributed by atoms with Crippen molar-refractivity contribution >= 4 is 16.7 Å². The molecular weight excluding hydrogens is 316 g/mol. The molecule has 1 aromatic heterocycles. The molecule has 25 heavy (non-hydrogen) atoms. The predicted octanol–water partition coefficient (Wildman–Crippen LogP) is 1.68. The fourth-order valence-corrected chi connectivity index (χ4v) is 3.21. The third-order valence-corrected chi connectivity index (χ3v) is 4.52. The number of amides is 1. The lowest BCUT2D eigenvalue weighted by molar-refractivity contribution is -0.116. The molecule has 6 nitrogen and oxygen atoms in total. The van der Waals surface area contributed by atoms with Crippen molar-refractivity contribution in [2.45, 2.75) is 32.9 Å². The highest BCUT2D eigenvalue weighted by molar-refractivity contribution is 5.88. The first-order valence-electron chi connectivity index (χ1n) is 8.80. The number of allylic oxidation sites excluding steroid dienone is 1. The summed E-state index contributed by atoms with van der Waals surface area (Å²) in [6.07, 6.45) is 5.62. The fraction of sp³-hybridized carbons (Fsp3) is 0.421. The molecule has 0 atom stereocenters. The van der Waals surface area contributed by atoms with Gasteiger partial charge in [-0.05, 0) is 45.0 Å². The van der Waals surface area contributed by atoms with Gasteiger partial charge in [0.1, 0.15) is 0 Å². The zero-order chi connectivity index (χ0) is 17.6. The SMILES string of the molecule is C/C=C/C(=O)NCc1nn(CCN2CCCC2)c(=O)c2ccccc12. The standard InChI is InChI=1S/C19H24N4O2/c1-2-7-18(24)20-14-17-15-8-3-4-9-16(15)19(25)23(21-17)13-12-22-10-5-6-11-22/h2-4,7-9H,5-6,10-14H2,1H3,(H,20,24)/b7-2+. The van der Waals surface area contributed by atoms with Gasteiger partial charge in [0, 0.05) is 11.9 Å². The first-order valence-corrected chi connectivity index (χ1v) is 8.80. The molecule has 6 heteroatoms. The van der Waals surface area contributed by atoms with E-state index in [0.29, 0.717) is 18.5 Å². The maximum absolute atomic E-state index is 12.7. The van der Waals surface area contributed by atoms with Crippen LogP contribution in [-0.4, -0.2) is 40.2 Å². The molecule has 0 spiro atoms. The summed E-state index contributed by atoms with van der Waals surface area (Å²) in [6.45, 7) is 5.68. The van der Waals surface area contributed by atoms with Crippen molar-refractivity contribution in [1.29, 1.82) is 0 Å². The molecule has 1 aliphatic heterocycles. The van der Waals surface area contributed by atoms with Crippen LogP contribution >= 0.6 is 0 Å². The van der Waals surface area contributed by atoms with Gasteiger partial charge in [-0.1, -0.05) is 24.3 Å². The quantitative estimate of drug-likeness (QED) is 0.813. The van der Waals surface area contributed by atoms with Gasteiger partial charge in [-0.3, -0.25) is 9.59 Å². The molecule has 0 bridgehead atoms. The third kappa shape index (κ3) is 4.14. The average Bonchev–Trinajstić information content (AvgIpc) is 3.14. The van der Waals surface area contributed by atoms with Crippen LogP contribution < -0.4 is 10.9 Å². The Bertz CT molecular complexity index is 835. The number of nitrogens with one attached hydrogen (secondary N) is 1. The lowest BCUT2D eigenvalue weighted by Gasteiger charge is -2.16. The lowest BCUT2D eigenvalue weighted by atomic mass is 10.1. The molecule has 0 radical (unpaired) electrons. The van der Waals surface area contributed by atoms with Crippen LogP contribution in [0.4, 0.5) is 0 Å². The Morgan fingerprint density at radius 1 is 1.20 bits per heavy atom. The maximum Gasteiger partial charge on any atom is 0.274 e. The van der Waals surface area contributed by atoms with Crippen molar-refractivity contribution in [1.82, 2.24) is 20.0 Å². The fourth-order valence-electron chi connectivity index (χ4n) is 3.21. The molecule has 2 aromatic rings. The smallest absolute Gasteiger partial charge is 0.274 e. The Morgan fingerprint density at radius 2 is 1.92 bits per heavy atom. The van der Waals surface area contributed by atoms with E-state index >= 15 is 0 Å². The van der Waals surface area contributed by atoms with E-state index in [9.17, 15) is 9.59 Å². The minimum atomic E-state index is -0.164. The van der Waals surface area contributed by atoms with Crippen molar-refractivity contribution in [2.75, 3.05) is 19.6 Å². The minimum Gasteiger partial charge on any atom is -0.347 e. The summed E-state index contributed by atoms with van der Waals surface area (Å²) in [5.41, 5.74) is 0.646. The van der Waals surface area contributed by atoms with Crippen molar-refractivity contribution in [3.05, 3.63) is 52.5 Å². The largest absolute Gasteiger partial charge is 0.347 e. The van der Waals surface area contributed by atoms with Gasteiger partial charge in [-0.15, -0.1) is 0 Å². The molecule has 2 heterocycles. The van der Waals surface area contributed by atoms with E-state index in [-0.39, 0.29) is 11.5 Å². The molecule has 1 fully saturated rings. The molecule has 0 aliphatic carbocycles. The van der Waals surface area contributed by atoms with Gasteiger partial charge in [-0.25, -0.2) is 4.68 Å². The monoisotopic (exact) mass is 340 g/mol. The number of hydrogen-bond donors (Lipinski definition) is 1. The summed E-state index contributed by atoms with van der Waals surface area (Å²) < 4.78 is 1.54. The molecule has 3 rings (SSSR count). The lowest BCUT2D eigenvalue weighted by Crippen LogP contribution is -2.32. The van der Waals surface area contributed by atoms with Crippen molar-refractivity contribution in [3.63, 3.8) is 0 Å². The Labute approximate surface area is 147 Å². The Kier molecular flexibility index (Phi) is 5.60. The second-order valence-electron chi connectivity index (χ2n) is 6.29. The second-order valence-corrected chi connectivity index (χ2v) is 6.29. The number of carbonyl (C=O) groups excluding carboxylic acids is 1. The van der Waals surface area contributed by atoms with Crippen LogP contribution in [0.1, 0.15) is 25.5 Å². The van der Waals surface area contributed by atoms with E-state index in [0.717, 1.165) is 30.7 Å². The van der Waals surface area contributed by atoms with Crippen molar-refractivity contribution < 1.29 is 4.79 Å². The van der Waals surface area contributed by atoms with Gasteiger partial charge in [0.05, 0.1) is 24.2 Å². The number of nitrogens with zero attached hydrogens (tertiary/aromatic N) is 3. The van der Waals surface area contributed by atoms with Gasteiger partial charge in [-0.2, -0.15) is 5.10 Å². The molecule has 1 aliphatic rings. The van der Waals surface area contributed by atoms with E-state index in [1.54, 1.807) is 13.0 Å². The number of benzene rings is 1. The summed E-state index contributed by atoms with van der Waals surface area (Å²) >= 11 is 0. The van der Waals surface area contributed by atoms with Gasteiger partial charge in [0.25, 0.3) is 5.56 Å². The van der Waals surface area contributed by atoms with Crippen molar-refractivity contribution in [3.8, 4) is 0 Å². The van der Waals surface area contributed by atoms with Crippen LogP contribution in [0.2, 0.25) is 0 Å². The zero-order valence-corrected chi connectivity index (χ0v) is 14.6. The normalized spacial score (nSPS) is 15.2. The van der Waals surface area contributed by atoms with Crippen molar-refractivity contribution in [2.24, 2.45) is 0 Å². The highest BCUT2D eigenvalue weighted by Crippen LogP contribution is 2.13. The minimum absolute atomic E-state index is 0.0710. The first kappa shape index (κ1) is 17.4. The first-order chi connectivity index (χ1) is 12.2. The molecule has 1 amide bonds. The van der Waals surface area contributed by atoms with Gasteiger partial charge >= 0.3 is 0 Å². The Balaban J connectivity index is 1.87. The summed E-state index contributed by atoms with van der Waals surface area (Å²) in [5.74, 6) is -0.164. The van der Waals surface area contributed by atoms with Crippen LogP contribution in [0.5, 0.6) is 0 Å². The second kappa shape index (κ2) is 8.07.